The second kappa shape index (κ2) is 9.48. The van der Waals surface area contributed by atoms with Crippen molar-refractivity contribution in [3.8, 4) is 0 Å². The lowest BCUT2D eigenvalue weighted by Crippen LogP contribution is -2.46. The Morgan fingerprint density at radius 2 is 1.89 bits per heavy atom. The van der Waals surface area contributed by atoms with E-state index in [0.29, 0.717) is 41.1 Å². The van der Waals surface area contributed by atoms with Crippen LogP contribution >= 0.6 is 23.2 Å². The van der Waals surface area contributed by atoms with E-state index in [1.807, 2.05) is 24.0 Å². The lowest BCUT2D eigenvalue weighted by Gasteiger charge is -2.32. The predicted octanol–water partition coefficient (Wildman–Crippen LogP) is 4.64. The van der Waals surface area contributed by atoms with Crippen LogP contribution in [0.15, 0.2) is 34.7 Å². The summed E-state index contributed by atoms with van der Waals surface area (Å²) in [5.41, 5.74) is 1.08. The SMILES string of the molecule is Cc1ccc(C(=O)NC2CCN(C(=O)CCCc3ccc(Cl)c(Cl)c3)CC2)o1. The Balaban J connectivity index is 1.38. The number of halogens is 2. The summed E-state index contributed by atoms with van der Waals surface area (Å²) in [6.07, 6.45) is 3.57. The Kier molecular flexibility index (Phi) is 7.03. The van der Waals surface area contributed by atoms with Gasteiger partial charge in [-0.15, -0.1) is 0 Å². The summed E-state index contributed by atoms with van der Waals surface area (Å²) in [6, 6.07) is 9.09. The van der Waals surface area contributed by atoms with Gasteiger partial charge in [0.2, 0.25) is 5.91 Å². The Morgan fingerprint density at radius 1 is 1.14 bits per heavy atom. The van der Waals surface area contributed by atoms with Gasteiger partial charge < -0.3 is 14.6 Å². The predicted molar refractivity (Wildman–Crippen MR) is 110 cm³/mol. The highest BCUT2D eigenvalue weighted by molar-refractivity contribution is 6.42. The van der Waals surface area contributed by atoms with E-state index < -0.39 is 0 Å². The van der Waals surface area contributed by atoms with Gasteiger partial charge >= 0.3 is 0 Å². The molecule has 1 N–H and O–H groups in total. The molecule has 0 unspecified atom stereocenters. The van der Waals surface area contributed by atoms with Crippen LogP contribution < -0.4 is 5.32 Å². The highest BCUT2D eigenvalue weighted by atomic mass is 35.5. The molecule has 2 aromatic rings. The van der Waals surface area contributed by atoms with Crippen molar-refractivity contribution in [2.75, 3.05) is 13.1 Å². The molecule has 2 heterocycles. The average molecular weight is 423 g/mol. The lowest BCUT2D eigenvalue weighted by atomic mass is 10.0. The van der Waals surface area contributed by atoms with Crippen molar-refractivity contribution in [1.82, 2.24) is 10.2 Å². The molecule has 1 saturated heterocycles. The van der Waals surface area contributed by atoms with Crippen molar-refractivity contribution in [3.63, 3.8) is 0 Å². The van der Waals surface area contributed by atoms with Gasteiger partial charge in [0, 0.05) is 25.6 Å². The fraction of sp³-hybridized carbons (Fsp3) is 0.429. The maximum absolute atomic E-state index is 12.4. The Hall–Kier alpha value is -1.98. The molecule has 7 heteroatoms. The maximum Gasteiger partial charge on any atom is 0.287 e. The van der Waals surface area contributed by atoms with E-state index in [-0.39, 0.29) is 17.9 Å². The standard InChI is InChI=1S/C21H24Cl2N2O3/c1-14-5-8-19(28-14)21(27)24-16-9-11-25(12-10-16)20(26)4-2-3-15-6-7-17(22)18(23)13-15/h5-8,13,16H,2-4,9-12H2,1H3,(H,24,27). The number of nitrogens with zero attached hydrogens (tertiary/aromatic N) is 1. The van der Waals surface area contributed by atoms with Crippen molar-refractivity contribution in [1.29, 1.82) is 0 Å². The van der Waals surface area contributed by atoms with Gasteiger partial charge in [-0.3, -0.25) is 9.59 Å². The minimum absolute atomic E-state index is 0.0677. The molecule has 3 rings (SSSR count). The number of furan rings is 1. The van der Waals surface area contributed by atoms with Crippen LogP contribution in [0.5, 0.6) is 0 Å². The van der Waals surface area contributed by atoms with Gasteiger partial charge in [0.05, 0.1) is 10.0 Å². The number of benzene rings is 1. The molecule has 1 aromatic heterocycles. The number of nitrogens with one attached hydrogen (secondary N) is 1. The third-order valence-electron chi connectivity index (χ3n) is 4.99. The third kappa shape index (κ3) is 5.52. The molecular weight excluding hydrogens is 399 g/mol. The molecule has 0 spiro atoms. The lowest BCUT2D eigenvalue weighted by molar-refractivity contribution is -0.132. The van der Waals surface area contributed by atoms with Crippen molar-refractivity contribution in [2.24, 2.45) is 0 Å². The van der Waals surface area contributed by atoms with E-state index in [2.05, 4.69) is 5.32 Å². The molecule has 1 aliphatic heterocycles. The van der Waals surface area contributed by atoms with Crippen LogP contribution in [0.4, 0.5) is 0 Å². The first-order valence-electron chi connectivity index (χ1n) is 9.51. The number of aryl methyl sites for hydroxylation is 2. The second-order valence-electron chi connectivity index (χ2n) is 7.14. The minimum Gasteiger partial charge on any atom is -0.456 e. The maximum atomic E-state index is 12.4. The van der Waals surface area contributed by atoms with E-state index in [0.717, 1.165) is 31.2 Å². The topological polar surface area (TPSA) is 62.6 Å². The van der Waals surface area contributed by atoms with Crippen LogP contribution in [0.1, 0.15) is 47.6 Å². The Labute approximate surface area is 175 Å². The van der Waals surface area contributed by atoms with Gasteiger partial charge in [0.25, 0.3) is 5.91 Å². The highest BCUT2D eigenvalue weighted by Crippen LogP contribution is 2.23. The summed E-state index contributed by atoms with van der Waals surface area (Å²) in [5, 5.41) is 4.07. The molecule has 1 fully saturated rings. The van der Waals surface area contributed by atoms with E-state index in [9.17, 15) is 9.59 Å². The summed E-state index contributed by atoms with van der Waals surface area (Å²) in [6.45, 7) is 3.13. The zero-order chi connectivity index (χ0) is 20.1. The van der Waals surface area contributed by atoms with Crippen LogP contribution in [-0.2, 0) is 11.2 Å². The molecular formula is C21H24Cl2N2O3. The zero-order valence-corrected chi connectivity index (χ0v) is 17.4. The van der Waals surface area contributed by atoms with Crippen LogP contribution in [0, 0.1) is 6.92 Å². The number of carbonyl (C=O) groups excluding carboxylic acids is 2. The molecule has 0 aliphatic carbocycles. The van der Waals surface area contributed by atoms with Crippen LogP contribution in [-0.4, -0.2) is 35.8 Å². The number of rotatable bonds is 6. The van der Waals surface area contributed by atoms with Gasteiger partial charge in [-0.1, -0.05) is 29.3 Å². The van der Waals surface area contributed by atoms with E-state index in [1.165, 1.54) is 0 Å². The van der Waals surface area contributed by atoms with Crippen molar-refractivity contribution in [3.05, 3.63) is 57.5 Å². The quantitative estimate of drug-likeness (QED) is 0.737. The molecule has 1 aromatic carbocycles. The number of likely N-dealkylation sites (tertiary alicyclic amines) is 1. The van der Waals surface area contributed by atoms with E-state index in [1.54, 1.807) is 18.2 Å². The monoisotopic (exact) mass is 422 g/mol. The number of carbonyl (C=O) groups is 2. The normalized spacial score (nSPS) is 14.9. The first-order valence-corrected chi connectivity index (χ1v) is 10.3. The van der Waals surface area contributed by atoms with E-state index in [4.69, 9.17) is 27.6 Å². The zero-order valence-electron chi connectivity index (χ0n) is 15.8. The van der Waals surface area contributed by atoms with Crippen LogP contribution in [0.3, 0.4) is 0 Å². The van der Waals surface area contributed by atoms with Crippen molar-refractivity contribution >= 4 is 35.0 Å². The number of hydrogen-bond acceptors (Lipinski definition) is 3. The third-order valence-corrected chi connectivity index (χ3v) is 5.73. The van der Waals surface area contributed by atoms with Gasteiger partial charge in [-0.05, 0) is 62.4 Å². The van der Waals surface area contributed by atoms with E-state index >= 15 is 0 Å². The van der Waals surface area contributed by atoms with Gasteiger partial charge in [0.15, 0.2) is 5.76 Å². The molecule has 5 nitrogen and oxygen atoms in total. The Bertz CT molecular complexity index is 842. The fourth-order valence-electron chi connectivity index (χ4n) is 3.38. The first-order chi connectivity index (χ1) is 13.4. The summed E-state index contributed by atoms with van der Waals surface area (Å²) in [7, 11) is 0. The first kappa shape index (κ1) is 20.7. The molecule has 0 radical (unpaired) electrons. The molecule has 28 heavy (non-hydrogen) atoms. The van der Waals surface area contributed by atoms with Gasteiger partial charge in [-0.25, -0.2) is 0 Å². The summed E-state index contributed by atoms with van der Waals surface area (Å²) >= 11 is 11.9. The number of piperidine rings is 1. The van der Waals surface area contributed by atoms with Crippen LogP contribution in [0.25, 0.3) is 0 Å². The smallest absolute Gasteiger partial charge is 0.287 e. The Morgan fingerprint density at radius 3 is 2.54 bits per heavy atom. The van der Waals surface area contributed by atoms with Crippen molar-refractivity contribution in [2.45, 2.75) is 45.1 Å². The summed E-state index contributed by atoms with van der Waals surface area (Å²) < 4.78 is 5.35. The summed E-state index contributed by atoms with van der Waals surface area (Å²) in [5.74, 6) is 1.01. The fourth-order valence-corrected chi connectivity index (χ4v) is 3.70. The van der Waals surface area contributed by atoms with Crippen molar-refractivity contribution < 1.29 is 14.0 Å². The van der Waals surface area contributed by atoms with Crippen LogP contribution in [0.2, 0.25) is 10.0 Å². The highest BCUT2D eigenvalue weighted by Gasteiger charge is 2.24. The molecule has 2 amide bonds. The molecule has 0 atom stereocenters. The minimum atomic E-state index is -0.195. The second-order valence-corrected chi connectivity index (χ2v) is 7.96. The largest absolute Gasteiger partial charge is 0.456 e. The molecule has 0 bridgehead atoms. The van der Waals surface area contributed by atoms with Gasteiger partial charge in [-0.2, -0.15) is 0 Å². The number of hydrogen-bond donors (Lipinski definition) is 1. The van der Waals surface area contributed by atoms with Gasteiger partial charge in [0.1, 0.15) is 5.76 Å². The average Bonchev–Trinajstić information content (AvgIpc) is 3.12. The molecule has 150 valence electrons. The summed E-state index contributed by atoms with van der Waals surface area (Å²) in [4.78, 5) is 26.5. The molecule has 0 saturated carbocycles. The molecule has 1 aliphatic rings. The number of amides is 2.